The zero-order valence-electron chi connectivity index (χ0n) is 8.27. The Kier molecular flexibility index (Phi) is 2.47. The van der Waals surface area contributed by atoms with Gasteiger partial charge < -0.3 is 16.2 Å². The van der Waals surface area contributed by atoms with E-state index in [1.807, 2.05) is 0 Å². The Balaban J connectivity index is 2.77. The average molecular weight is 215 g/mol. The summed E-state index contributed by atoms with van der Waals surface area (Å²) in [6, 6.07) is 3.39. The molecule has 0 atom stereocenters. The lowest BCUT2D eigenvalue weighted by molar-refractivity contribution is 1.22. The van der Waals surface area contributed by atoms with Crippen LogP contribution in [0.5, 0.6) is 0 Å². The van der Waals surface area contributed by atoms with Crippen LogP contribution in [-0.2, 0) is 0 Å². The molecule has 0 spiro atoms. The third-order valence-electron chi connectivity index (χ3n) is 2.20. The molecule has 2 aromatic rings. The molecule has 0 saturated heterocycles. The molecule has 80 valence electrons. The predicted molar refractivity (Wildman–Crippen MR) is 61.9 cm³/mol. The molecule has 0 amide bonds. The van der Waals surface area contributed by atoms with Crippen LogP contribution in [0.15, 0.2) is 34.4 Å². The van der Waals surface area contributed by atoms with Crippen molar-refractivity contribution in [2.75, 3.05) is 0 Å². The number of aromatic nitrogens is 2. The van der Waals surface area contributed by atoms with Gasteiger partial charge in [-0.15, -0.1) is 0 Å². The van der Waals surface area contributed by atoms with Crippen molar-refractivity contribution < 1.29 is 0 Å². The third-order valence-corrected chi connectivity index (χ3v) is 2.20. The Labute approximate surface area is 90.3 Å². The minimum Gasteiger partial charge on any atom is -0.323 e. The van der Waals surface area contributed by atoms with Gasteiger partial charge in [0, 0.05) is 17.8 Å². The van der Waals surface area contributed by atoms with Crippen LogP contribution >= 0.6 is 0 Å². The van der Waals surface area contributed by atoms with Crippen molar-refractivity contribution >= 4 is 22.8 Å². The zero-order valence-corrected chi connectivity index (χ0v) is 8.27. The van der Waals surface area contributed by atoms with Crippen LogP contribution in [0.1, 0.15) is 5.56 Å². The number of nitrogens with zero attached hydrogens (tertiary/aromatic N) is 2. The van der Waals surface area contributed by atoms with Gasteiger partial charge in [0.25, 0.3) is 5.56 Å². The molecule has 0 unspecified atom stereocenters. The van der Waals surface area contributed by atoms with Crippen molar-refractivity contribution in [1.82, 2.24) is 9.97 Å². The lowest BCUT2D eigenvalue weighted by Crippen LogP contribution is -2.20. The molecule has 0 aliphatic carbocycles. The standard InChI is InChI=1S/C10H9N5O/c11-4-8(15-12)7-3-6-1-2-13-5-9(6)14-10(7)16/h1-5,11H,12H2,(H,14,16). The van der Waals surface area contributed by atoms with Gasteiger partial charge in [0.15, 0.2) is 0 Å². The molecule has 16 heavy (non-hydrogen) atoms. The molecule has 2 heterocycles. The van der Waals surface area contributed by atoms with E-state index in [9.17, 15) is 4.79 Å². The number of hydrogen-bond acceptors (Lipinski definition) is 5. The highest BCUT2D eigenvalue weighted by molar-refractivity contribution is 6.37. The number of aromatic amines is 1. The SMILES string of the molecule is N=CC(=NN)c1cc2ccncc2[nH]c1=O. The van der Waals surface area contributed by atoms with Crippen LogP contribution in [0.25, 0.3) is 10.9 Å². The van der Waals surface area contributed by atoms with Gasteiger partial charge in [-0.05, 0) is 12.1 Å². The fraction of sp³-hybridized carbons (Fsp3) is 0. The predicted octanol–water partition coefficient (Wildman–Crippen LogP) is 0.235. The molecule has 0 fully saturated rings. The third kappa shape index (κ3) is 1.56. The Morgan fingerprint density at radius 2 is 2.44 bits per heavy atom. The molecule has 2 rings (SSSR count). The summed E-state index contributed by atoms with van der Waals surface area (Å²) in [7, 11) is 0. The average Bonchev–Trinajstić information content (AvgIpc) is 2.31. The molecule has 4 N–H and O–H groups in total. The van der Waals surface area contributed by atoms with E-state index >= 15 is 0 Å². The summed E-state index contributed by atoms with van der Waals surface area (Å²) >= 11 is 0. The first-order chi connectivity index (χ1) is 7.76. The molecule has 6 nitrogen and oxygen atoms in total. The highest BCUT2D eigenvalue weighted by atomic mass is 16.1. The van der Waals surface area contributed by atoms with E-state index in [2.05, 4.69) is 15.1 Å². The molecular weight excluding hydrogens is 206 g/mol. The van der Waals surface area contributed by atoms with Crippen LogP contribution in [0.4, 0.5) is 0 Å². The summed E-state index contributed by atoms with van der Waals surface area (Å²) in [4.78, 5) is 18.2. The highest BCUT2D eigenvalue weighted by Crippen LogP contribution is 2.08. The minimum atomic E-state index is -0.340. The van der Waals surface area contributed by atoms with E-state index in [1.54, 1.807) is 24.5 Å². The molecule has 6 heteroatoms. The number of fused-ring (bicyclic) bond motifs is 1. The first-order valence-corrected chi connectivity index (χ1v) is 4.52. The minimum absolute atomic E-state index is 0.139. The van der Waals surface area contributed by atoms with Gasteiger partial charge in [-0.25, -0.2) is 0 Å². The van der Waals surface area contributed by atoms with Crippen molar-refractivity contribution in [2.24, 2.45) is 10.9 Å². The van der Waals surface area contributed by atoms with E-state index in [4.69, 9.17) is 11.3 Å². The van der Waals surface area contributed by atoms with Crippen LogP contribution in [0.3, 0.4) is 0 Å². The molecule has 0 aliphatic heterocycles. The van der Waals surface area contributed by atoms with Gasteiger partial charge in [0.05, 0.1) is 17.3 Å². The first-order valence-electron chi connectivity index (χ1n) is 4.52. The van der Waals surface area contributed by atoms with Gasteiger partial charge in [0.2, 0.25) is 0 Å². The molecular formula is C10H9N5O. The van der Waals surface area contributed by atoms with Crippen LogP contribution < -0.4 is 11.4 Å². The number of hydrogen-bond donors (Lipinski definition) is 3. The Morgan fingerprint density at radius 1 is 1.62 bits per heavy atom. The number of rotatable bonds is 2. The molecule has 0 bridgehead atoms. The Bertz CT molecular complexity index is 628. The van der Waals surface area contributed by atoms with Gasteiger partial charge in [-0.3, -0.25) is 9.78 Å². The number of H-pyrrole nitrogens is 1. The quantitative estimate of drug-likeness (QED) is 0.379. The van der Waals surface area contributed by atoms with Crippen molar-refractivity contribution in [3.8, 4) is 0 Å². The van der Waals surface area contributed by atoms with E-state index in [0.717, 1.165) is 11.6 Å². The summed E-state index contributed by atoms with van der Waals surface area (Å²) in [5.41, 5.74) is 0.710. The van der Waals surface area contributed by atoms with Crippen molar-refractivity contribution in [3.63, 3.8) is 0 Å². The number of nitrogens with two attached hydrogens (primary N) is 1. The van der Waals surface area contributed by atoms with Crippen LogP contribution in [0.2, 0.25) is 0 Å². The summed E-state index contributed by atoms with van der Waals surface area (Å²) in [5, 5.41) is 11.3. The Morgan fingerprint density at radius 3 is 3.12 bits per heavy atom. The van der Waals surface area contributed by atoms with E-state index in [-0.39, 0.29) is 16.8 Å². The van der Waals surface area contributed by atoms with Crippen molar-refractivity contribution in [2.45, 2.75) is 0 Å². The van der Waals surface area contributed by atoms with E-state index in [0.29, 0.717) is 5.52 Å². The number of nitrogens with one attached hydrogen (secondary N) is 2. The lowest BCUT2D eigenvalue weighted by Gasteiger charge is -2.01. The molecule has 0 saturated carbocycles. The van der Waals surface area contributed by atoms with Gasteiger partial charge in [0.1, 0.15) is 5.71 Å². The number of hydrazone groups is 1. The summed E-state index contributed by atoms with van der Waals surface area (Å²) in [5.74, 6) is 5.10. The molecule has 0 radical (unpaired) electrons. The normalized spacial score (nSPS) is 11.6. The maximum atomic E-state index is 11.7. The fourth-order valence-corrected chi connectivity index (χ4v) is 1.42. The number of pyridine rings is 2. The monoisotopic (exact) mass is 215 g/mol. The zero-order chi connectivity index (χ0) is 11.5. The largest absolute Gasteiger partial charge is 0.323 e. The highest BCUT2D eigenvalue weighted by Gasteiger charge is 2.07. The molecule has 2 aromatic heterocycles. The smallest absolute Gasteiger partial charge is 0.258 e. The second-order valence-corrected chi connectivity index (χ2v) is 3.13. The fourth-order valence-electron chi connectivity index (χ4n) is 1.42. The van der Waals surface area contributed by atoms with E-state index in [1.165, 1.54) is 0 Å². The van der Waals surface area contributed by atoms with Gasteiger partial charge in [-0.2, -0.15) is 5.10 Å². The topological polar surface area (TPSA) is 108 Å². The summed E-state index contributed by atoms with van der Waals surface area (Å²) in [6.45, 7) is 0. The van der Waals surface area contributed by atoms with Gasteiger partial charge in [-0.1, -0.05) is 0 Å². The maximum absolute atomic E-state index is 11.7. The molecule has 0 aromatic carbocycles. The Hall–Kier alpha value is -2.50. The second kappa shape index (κ2) is 3.93. The molecule has 0 aliphatic rings. The van der Waals surface area contributed by atoms with Crippen molar-refractivity contribution in [3.05, 3.63) is 40.4 Å². The second-order valence-electron chi connectivity index (χ2n) is 3.13. The van der Waals surface area contributed by atoms with Crippen LogP contribution in [0, 0.1) is 5.41 Å². The van der Waals surface area contributed by atoms with E-state index < -0.39 is 0 Å². The maximum Gasteiger partial charge on any atom is 0.258 e. The van der Waals surface area contributed by atoms with Gasteiger partial charge >= 0.3 is 0 Å². The first kappa shape index (κ1) is 10.0. The van der Waals surface area contributed by atoms with Crippen molar-refractivity contribution in [1.29, 1.82) is 5.41 Å². The lowest BCUT2D eigenvalue weighted by atomic mass is 10.1. The summed E-state index contributed by atoms with van der Waals surface area (Å²) < 4.78 is 0. The summed E-state index contributed by atoms with van der Waals surface area (Å²) in [6.07, 6.45) is 4.12. The van der Waals surface area contributed by atoms with Crippen LogP contribution in [-0.4, -0.2) is 21.9 Å².